The Hall–Kier alpha value is -1.30. The monoisotopic (exact) mass is 284 g/mol. The molecule has 1 fully saturated rings. The summed E-state index contributed by atoms with van der Waals surface area (Å²) in [7, 11) is 0. The lowest BCUT2D eigenvalue weighted by Gasteiger charge is -2.38. The Morgan fingerprint density at radius 3 is 1.90 bits per heavy atom. The largest absolute Gasteiger partial charge is 0.338 e. The molecule has 0 aliphatic carbocycles. The number of hydrogen-bond donors (Lipinski definition) is 1. The number of rotatable bonds is 4. The summed E-state index contributed by atoms with van der Waals surface area (Å²) in [6, 6.07) is -0.379. The summed E-state index contributed by atoms with van der Waals surface area (Å²) in [6.45, 7) is 11.6. The Balaban J connectivity index is 2.51. The molecule has 6 heteroatoms. The molecule has 1 saturated heterocycles. The van der Waals surface area contributed by atoms with Gasteiger partial charge in [-0.05, 0) is 19.8 Å². The first-order valence-electron chi connectivity index (χ1n) is 7.50. The molecule has 1 rings (SSSR count). The van der Waals surface area contributed by atoms with Gasteiger partial charge in [0.25, 0.3) is 0 Å². The number of nitrogens with two attached hydrogens (primary N) is 1. The normalized spacial score (nSPS) is 17.3. The minimum atomic E-state index is -0.444. The van der Waals surface area contributed by atoms with E-state index in [1.807, 2.05) is 32.6 Å². The molecule has 0 radical (unpaired) electrons. The molecule has 6 nitrogen and oxygen atoms in total. The topological polar surface area (TPSA) is 69.9 Å². The molecular formula is C14H28N4O2. The fraction of sp³-hybridized carbons (Fsp3) is 0.857. The van der Waals surface area contributed by atoms with Gasteiger partial charge in [0.2, 0.25) is 5.91 Å². The van der Waals surface area contributed by atoms with Gasteiger partial charge in [0.15, 0.2) is 0 Å². The van der Waals surface area contributed by atoms with Crippen molar-refractivity contribution in [1.82, 2.24) is 14.7 Å². The summed E-state index contributed by atoms with van der Waals surface area (Å²) in [5.41, 5.74) is 5.90. The Bertz CT molecular complexity index is 312. The van der Waals surface area contributed by atoms with Crippen LogP contribution in [0.2, 0.25) is 0 Å². The van der Waals surface area contributed by atoms with E-state index in [-0.39, 0.29) is 17.9 Å². The van der Waals surface area contributed by atoms with E-state index >= 15 is 0 Å². The zero-order chi connectivity index (χ0) is 15.3. The molecule has 1 atom stereocenters. The van der Waals surface area contributed by atoms with Gasteiger partial charge in [-0.3, -0.25) is 4.79 Å². The van der Waals surface area contributed by atoms with Gasteiger partial charge in [-0.2, -0.15) is 0 Å². The van der Waals surface area contributed by atoms with Gasteiger partial charge in [-0.15, -0.1) is 0 Å². The molecule has 1 aliphatic heterocycles. The standard InChI is InChI=1S/C14H28N4O2/c1-5-16(6-2)14(20)18-9-7-17(8-10-18)13(19)12(15)11(3)4/h11-12H,5-10,15H2,1-4H3/t12-/m0/s1. The van der Waals surface area contributed by atoms with Crippen LogP contribution in [0.3, 0.4) is 0 Å². The lowest BCUT2D eigenvalue weighted by atomic mass is 10.0. The van der Waals surface area contributed by atoms with Crippen LogP contribution in [0, 0.1) is 5.92 Å². The lowest BCUT2D eigenvalue weighted by molar-refractivity contribution is -0.135. The maximum Gasteiger partial charge on any atom is 0.320 e. The maximum atomic E-state index is 12.2. The highest BCUT2D eigenvalue weighted by Gasteiger charge is 2.29. The molecule has 0 spiro atoms. The first-order chi connectivity index (χ1) is 9.42. The van der Waals surface area contributed by atoms with E-state index < -0.39 is 6.04 Å². The van der Waals surface area contributed by atoms with Crippen LogP contribution in [-0.4, -0.2) is 71.9 Å². The van der Waals surface area contributed by atoms with Gasteiger partial charge in [0.05, 0.1) is 6.04 Å². The number of hydrogen-bond acceptors (Lipinski definition) is 3. The lowest BCUT2D eigenvalue weighted by Crippen LogP contribution is -2.57. The molecule has 0 aromatic heterocycles. The van der Waals surface area contributed by atoms with E-state index in [1.165, 1.54) is 0 Å². The van der Waals surface area contributed by atoms with Crippen molar-refractivity contribution < 1.29 is 9.59 Å². The zero-order valence-electron chi connectivity index (χ0n) is 13.1. The molecule has 20 heavy (non-hydrogen) atoms. The van der Waals surface area contributed by atoms with Crippen LogP contribution in [0.25, 0.3) is 0 Å². The van der Waals surface area contributed by atoms with Crippen LogP contribution in [0.4, 0.5) is 4.79 Å². The summed E-state index contributed by atoms with van der Waals surface area (Å²) in [5, 5.41) is 0. The predicted octanol–water partition coefficient (Wildman–Crippen LogP) is 0.576. The second kappa shape index (κ2) is 7.47. The number of piperazine rings is 1. The van der Waals surface area contributed by atoms with Gasteiger partial charge in [0, 0.05) is 39.3 Å². The molecule has 0 aromatic rings. The number of amides is 3. The fourth-order valence-electron chi connectivity index (χ4n) is 2.31. The quantitative estimate of drug-likeness (QED) is 0.821. The summed E-state index contributed by atoms with van der Waals surface area (Å²) in [4.78, 5) is 29.7. The molecule has 0 unspecified atom stereocenters. The SMILES string of the molecule is CCN(CC)C(=O)N1CCN(C(=O)[C@@H](N)C(C)C)CC1. The zero-order valence-corrected chi connectivity index (χ0v) is 13.1. The van der Waals surface area contributed by atoms with Crippen molar-refractivity contribution in [3.63, 3.8) is 0 Å². The Kier molecular flexibility index (Phi) is 6.26. The van der Waals surface area contributed by atoms with E-state index in [9.17, 15) is 9.59 Å². The van der Waals surface area contributed by atoms with Crippen LogP contribution in [0.1, 0.15) is 27.7 Å². The van der Waals surface area contributed by atoms with E-state index in [2.05, 4.69) is 0 Å². The van der Waals surface area contributed by atoms with Crippen molar-refractivity contribution in [2.24, 2.45) is 11.7 Å². The van der Waals surface area contributed by atoms with Gasteiger partial charge in [-0.1, -0.05) is 13.8 Å². The Morgan fingerprint density at radius 2 is 1.50 bits per heavy atom. The van der Waals surface area contributed by atoms with Crippen molar-refractivity contribution in [2.45, 2.75) is 33.7 Å². The van der Waals surface area contributed by atoms with Gasteiger partial charge in [-0.25, -0.2) is 4.79 Å². The van der Waals surface area contributed by atoms with E-state index in [0.717, 1.165) is 0 Å². The average Bonchev–Trinajstić information content (AvgIpc) is 2.46. The molecule has 3 amide bonds. The van der Waals surface area contributed by atoms with Crippen LogP contribution in [0.5, 0.6) is 0 Å². The second-order valence-electron chi connectivity index (χ2n) is 5.54. The third-order valence-electron chi connectivity index (χ3n) is 3.90. The average molecular weight is 284 g/mol. The fourth-order valence-corrected chi connectivity index (χ4v) is 2.31. The smallest absolute Gasteiger partial charge is 0.320 e. The molecular weight excluding hydrogens is 256 g/mol. The minimum Gasteiger partial charge on any atom is -0.338 e. The third kappa shape index (κ3) is 3.85. The molecule has 116 valence electrons. The van der Waals surface area contributed by atoms with Crippen LogP contribution < -0.4 is 5.73 Å². The molecule has 1 aliphatic rings. The van der Waals surface area contributed by atoms with Crippen molar-refractivity contribution in [1.29, 1.82) is 0 Å². The van der Waals surface area contributed by atoms with Crippen LogP contribution in [-0.2, 0) is 4.79 Å². The van der Waals surface area contributed by atoms with E-state index in [4.69, 9.17) is 5.73 Å². The minimum absolute atomic E-state index is 0.00469. The van der Waals surface area contributed by atoms with Crippen molar-refractivity contribution >= 4 is 11.9 Å². The summed E-state index contributed by atoms with van der Waals surface area (Å²) < 4.78 is 0. The Morgan fingerprint density at radius 1 is 1.05 bits per heavy atom. The highest BCUT2D eigenvalue weighted by Crippen LogP contribution is 2.09. The number of carbonyl (C=O) groups excluding carboxylic acids is 2. The third-order valence-corrected chi connectivity index (χ3v) is 3.90. The van der Waals surface area contributed by atoms with Crippen LogP contribution in [0.15, 0.2) is 0 Å². The van der Waals surface area contributed by atoms with E-state index in [0.29, 0.717) is 39.3 Å². The predicted molar refractivity (Wildman–Crippen MR) is 79.3 cm³/mol. The van der Waals surface area contributed by atoms with E-state index in [1.54, 1.807) is 9.80 Å². The van der Waals surface area contributed by atoms with Gasteiger partial charge >= 0.3 is 6.03 Å². The molecule has 0 aromatic carbocycles. The molecule has 1 heterocycles. The molecule has 0 saturated carbocycles. The second-order valence-corrected chi connectivity index (χ2v) is 5.54. The van der Waals surface area contributed by atoms with Gasteiger partial charge < -0.3 is 20.4 Å². The maximum absolute atomic E-state index is 12.2. The highest BCUT2D eigenvalue weighted by atomic mass is 16.2. The number of urea groups is 1. The van der Waals surface area contributed by atoms with Crippen molar-refractivity contribution in [3.05, 3.63) is 0 Å². The van der Waals surface area contributed by atoms with Crippen molar-refractivity contribution in [3.8, 4) is 0 Å². The molecule has 0 bridgehead atoms. The Labute approximate surface area is 121 Å². The summed E-state index contributed by atoms with van der Waals surface area (Å²) in [6.07, 6.45) is 0. The first kappa shape index (κ1) is 16.8. The van der Waals surface area contributed by atoms with Gasteiger partial charge in [0.1, 0.15) is 0 Å². The molecule has 2 N–H and O–H groups in total. The summed E-state index contributed by atoms with van der Waals surface area (Å²) >= 11 is 0. The first-order valence-corrected chi connectivity index (χ1v) is 7.50. The van der Waals surface area contributed by atoms with Crippen LogP contribution >= 0.6 is 0 Å². The number of carbonyl (C=O) groups is 2. The van der Waals surface area contributed by atoms with Crippen molar-refractivity contribution in [2.75, 3.05) is 39.3 Å². The summed E-state index contributed by atoms with van der Waals surface area (Å²) in [5.74, 6) is 0.132. The highest BCUT2D eigenvalue weighted by molar-refractivity contribution is 5.82. The number of nitrogens with zero attached hydrogens (tertiary/aromatic N) is 3.